The molecule has 20 heavy (non-hydrogen) atoms. The smallest absolute Gasteiger partial charge is 0.269 e. The summed E-state index contributed by atoms with van der Waals surface area (Å²) in [6.07, 6.45) is 2.53. The lowest BCUT2D eigenvalue weighted by Crippen LogP contribution is -2.47. The number of carbonyl (C=O) groups is 1. The highest BCUT2D eigenvalue weighted by Crippen LogP contribution is 2.30. The minimum atomic E-state index is -0.710. The molecular weight excluding hydrogens is 254 g/mol. The van der Waals surface area contributed by atoms with E-state index in [1.54, 1.807) is 6.07 Å². The van der Waals surface area contributed by atoms with Gasteiger partial charge in [0.2, 0.25) is 0 Å². The number of H-pyrrole nitrogens is 1. The first-order valence-electron chi connectivity index (χ1n) is 6.78. The van der Waals surface area contributed by atoms with E-state index in [9.17, 15) is 9.90 Å². The maximum absolute atomic E-state index is 12.0. The lowest BCUT2D eigenvalue weighted by molar-refractivity contribution is -0.0300. The normalized spacial score (nSPS) is 16.4. The van der Waals surface area contributed by atoms with Gasteiger partial charge in [-0.15, -0.1) is 0 Å². The second-order valence-corrected chi connectivity index (χ2v) is 5.29. The Morgan fingerprint density at radius 2 is 2.10 bits per heavy atom. The van der Waals surface area contributed by atoms with Crippen molar-refractivity contribution in [1.29, 1.82) is 0 Å². The first-order valence-corrected chi connectivity index (χ1v) is 6.78. The average molecular weight is 271 g/mol. The van der Waals surface area contributed by atoms with Crippen molar-refractivity contribution in [3.63, 3.8) is 0 Å². The van der Waals surface area contributed by atoms with Crippen molar-refractivity contribution < 1.29 is 9.90 Å². The zero-order valence-electron chi connectivity index (χ0n) is 11.1. The standard InChI is InChI=1S/C15H17N3O2/c19-14(16-10-15(20)7-4-8-15)13-9-12(17-18-13)11-5-2-1-3-6-11/h1-3,5-6,9,20H,4,7-8,10H2,(H,16,19)(H,17,18). The lowest BCUT2D eigenvalue weighted by atomic mass is 9.80. The highest BCUT2D eigenvalue weighted by molar-refractivity contribution is 5.93. The number of aromatic amines is 1. The molecule has 1 aromatic carbocycles. The summed E-state index contributed by atoms with van der Waals surface area (Å²) >= 11 is 0. The maximum atomic E-state index is 12.0. The van der Waals surface area contributed by atoms with Gasteiger partial charge in [0.25, 0.3) is 5.91 Å². The maximum Gasteiger partial charge on any atom is 0.269 e. The Morgan fingerprint density at radius 1 is 1.35 bits per heavy atom. The summed E-state index contributed by atoms with van der Waals surface area (Å²) in [7, 11) is 0. The SMILES string of the molecule is O=C(NCC1(O)CCC1)c1cc(-c2ccccc2)n[nH]1. The van der Waals surface area contributed by atoms with Gasteiger partial charge in [0, 0.05) is 12.1 Å². The zero-order chi connectivity index (χ0) is 14.0. The van der Waals surface area contributed by atoms with E-state index in [2.05, 4.69) is 15.5 Å². The molecule has 5 nitrogen and oxygen atoms in total. The van der Waals surface area contributed by atoms with Crippen molar-refractivity contribution in [3.05, 3.63) is 42.1 Å². The van der Waals surface area contributed by atoms with Crippen molar-refractivity contribution in [2.45, 2.75) is 24.9 Å². The predicted molar refractivity (Wildman–Crippen MR) is 75.2 cm³/mol. The summed E-state index contributed by atoms with van der Waals surface area (Å²) in [5, 5.41) is 19.6. The predicted octanol–water partition coefficient (Wildman–Crippen LogP) is 1.72. The van der Waals surface area contributed by atoms with Gasteiger partial charge < -0.3 is 10.4 Å². The van der Waals surface area contributed by atoms with Crippen LogP contribution in [0.1, 0.15) is 29.8 Å². The molecule has 0 spiro atoms. The number of nitrogens with one attached hydrogen (secondary N) is 2. The number of nitrogens with zero attached hydrogens (tertiary/aromatic N) is 1. The van der Waals surface area contributed by atoms with Gasteiger partial charge in [0.15, 0.2) is 0 Å². The van der Waals surface area contributed by atoms with E-state index >= 15 is 0 Å². The van der Waals surface area contributed by atoms with Crippen molar-refractivity contribution in [2.24, 2.45) is 0 Å². The molecule has 104 valence electrons. The third-order valence-corrected chi connectivity index (χ3v) is 3.75. The van der Waals surface area contributed by atoms with Gasteiger partial charge in [-0.1, -0.05) is 30.3 Å². The van der Waals surface area contributed by atoms with Crippen LogP contribution < -0.4 is 5.32 Å². The van der Waals surface area contributed by atoms with E-state index in [0.717, 1.165) is 30.5 Å². The third-order valence-electron chi connectivity index (χ3n) is 3.75. The Bertz CT molecular complexity index is 603. The molecule has 3 rings (SSSR count). The number of carbonyl (C=O) groups excluding carboxylic acids is 1. The van der Waals surface area contributed by atoms with Crippen LogP contribution in [0.5, 0.6) is 0 Å². The topological polar surface area (TPSA) is 78.0 Å². The van der Waals surface area contributed by atoms with E-state index < -0.39 is 5.60 Å². The molecule has 1 amide bonds. The summed E-state index contributed by atoms with van der Waals surface area (Å²) in [5.41, 5.74) is 1.39. The van der Waals surface area contributed by atoms with Gasteiger partial charge in [-0.3, -0.25) is 9.89 Å². The molecule has 1 heterocycles. The molecule has 1 aliphatic carbocycles. The minimum Gasteiger partial charge on any atom is -0.388 e. The fourth-order valence-electron chi connectivity index (χ4n) is 2.30. The first-order chi connectivity index (χ1) is 9.66. The molecule has 0 aliphatic heterocycles. The van der Waals surface area contributed by atoms with E-state index in [0.29, 0.717) is 12.2 Å². The van der Waals surface area contributed by atoms with E-state index in [1.165, 1.54) is 0 Å². The highest BCUT2D eigenvalue weighted by Gasteiger charge is 2.34. The molecule has 0 bridgehead atoms. The Kier molecular flexibility index (Phi) is 3.28. The molecule has 3 N–H and O–H groups in total. The third kappa shape index (κ3) is 2.58. The summed E-state index contributed by atoms with van der Waals surface area (Å²) in [6.45, 7) is 0.297. The van der Waals surface area contributed by atoms with Crippen molar-refractivity contribution in [3.8, 4) is 11.3 Å². The van der Waals surface area contributed by atoms with Gasteiger partial charge in [0.05, 0.1) is 11.3 Å². The molecule has 0 atom stereocenters. The molecule has 0 unspecified atom stereocenters. The van der Waals surface area contributed by atoms with Crippen LogP contribution in [0.2, 0.25) is 0 Å². The molecule has 1 aromatic heterocycles. The summed E-state index contributed by atoms with van der Waals surface area (Å²) in [6, 6.07) is 11.4. The van der Waals surface area contributed by atoms with Crippen molar-refractivity contribution in [2.75, 3.05) is 6.54 Å². The van der Waals surface area contributed by atoms with Crippen LogP contribution in [0.15, 0.2) is 36.4 Å². The molecule has 1 saturated carbocycles. The van der Waals surface area contributed by atoms with E-state index in [4.69, 9.17) is 0 Å². The van der Waals surface area contributed by atoms with Gasteiger partial charge in [0.1, 0.15) is 5.69 Å². The summed E-state index contributed by atoms with van der Waals surface area (Å²) in [5.74, 6) is -0.236. The summed E-state index contributed by atoms with van der Waals surface area (Å²) < 4.78 is 0. The quantitative estimate of drug-likeness (QED) is 0.792. The van der Waals surface area contributed by atoms with Crippen LogP contribution in [0, 0.1) is 0 Å². The highest BCUT2D eigenvalue weighted by atomic mass is 16.3. The number of hydrogen-bond donors (Lipinski definition) is 3. The molecular formula is C15H17N3O2. The van der Waals surface area contributed by atoms with Gasteiger partial charge in [-0.25, -0.2) is 0 Å². The van der Waals surface area contributed by atoms with E-state index in [-0.39, 0.29) is 5.91 Å². The molecule has 0 saturated heterocycles. The Hall–Kier alpha value is -2.14. The molecule has 2 aromatic rings. The Labute approximate surface area is 117 Å². The van der Waals surface area contributed by atoms with E-state index in [1.807, 2.05) is 30.3 Å². The fraction of sp³-hybridized carbons (Fsp3) is 0.333. The van der Waals surface area contributed by atoms with Crippen molar-refractivity contribution in [1.82, 2.24) is 15.5 Å². The van der Waals surface area contributed by atoms with Crippen LogP contribution in [-0.2, 0) is 0 Å². The number of amides is 1. The van der Waals surface area contributed by atoms with Crippen LogP contribution in [0.4, 0.5) is 0 Å². The number of hydrogen-bond acceptors (Lipinski definition) is 3. The number of aromatic nitrogens is 2. The average Bonchev–Trinajstić information content (AvgIpc) is 2.93. The number of aliphatic hydroxyl groups is 1. The molecule has 1 aliphatic rings. The van der Waals surface area contributed by atoms with Gasteiger partial charge in [-0.2, -0.15) is 5.10 Å². The minimum absolute atomic E-state index is 0.236. The zero-order valence-corrected chi connectivity index (χ0v) is 11.1. The van der Waals surface area contributed by atoms with Gasteiger partial charge in [-0.05, 0) is 25.3 Å². The fourth-order valence-corrected chi connectivity index (χ4v) is 2.30. The Balaban J connectivity index is 1.66. The monoisotopic (exact) mass is 271 g/mol. The molecule has 1 fully saturated rings. The van der Waals surface area contributed by atoms with Crippen LogP contribution in [0.25, 0.3) is 11.3 Å². The van der Waals surface area contributed by atoms with Crippen molar-refractivity contribution >= 4 is 5.91 Å². The van der Waals surface area contributed by atoms with Crippen LogP contribution in [0.3, 0.4) is 0 Å². The van der Waals surface area contributed by atoms with Crippen LogP contribution in [-0.4, -0.2) is 33.4 Å². The first kappa shape index (κ1) is 12.9. The second kappa shape index (κ2) is 5.09. The Morgan fingerprint density at radius 3 is 2.75 bits per heavy atom. The van der Waals surface area contributed by atoms with Gasteiger partial charge >= 0.3 is 0 Å². The number of rotatable bonds is 4. The summed E-state index contributed by atoms with van der Waals surface area (Å²) in [4.78, 5) is 12.0. The number of benzene rings is 1. The molecule has 5 heteroatoms. The van der Waals surface area contributed by atoms with Crippen LogP contribution >= 0.6 is 0 Å². The lowest BCUT2D eigenvalue weighted by Gasteiger charge is -2.36. The second-order valence-electron chi connectivity index (χ2n) is 5.29. The largest absolute Gasteiger partial charge is 0.388 e. The molecule has 0 radical (unpaired) electrons.